The molecule has 0 radical (unpaired) electrons. The summed E-state index contributed by atoms with van der Waals surface area (Å²) in [5.41, 5.74) is 2.51. The van der Waals surface area contributed by atoms with Gasteiger partial charge in [0.25, 0.3) is 5.89 Å². The normalized spacial score (nSPS) is 12.0. The van der Waals surface area contributed by atoms with Crippen molar-refractivity contribution >= 4 is 27.6 Å². The van der Waals surface area contributed by atoms with Crippen LogP contribution in [0.1, 0.15) is 44.1 Å². The zero-order valence-corrected chi connectivity index (χ0v) is 16.9. The first-order valence-corrected chi connectivity index (χ1v) is 9.48. The van der Waals surface area contributed by atoms with Gasteiger partial charge in [0.2, 0.25) is 0 Å². The van der Waals surface area contributed by atoms with E-state index in [1.165, 1.54) is 0 Å². The minimum atomic E-state index is -0.268. The fourth-order valence-electron chi connectivity index (χ4n) is 2.51. The predicted molar refractivity (Wildman–Crippen MR) is 109 cm³/mol. The zero-order chi connectivity index (χ0) is 19.4. The van der Waals surface area contributed by atoms with Crippen LogP contribution in [0.5, 0.6) is 0 Å². The predicted octanol–water partition coefficient (Wildman–Crippen LogP) is 5.51. The average Bonchev–Trinajstić information content (AvgIpc) is 3.12. The van der Waals surface area contributed by atoms with Crippen LogP contribution in [0.25, 0.3) is 11.5 Å². The molecule has 0 unspecified atom stereocenters. The largest absolute Gasteiger partial charge is 0.334 e. The molecule has 0 aliphatic rings. The van der Waals surface area contributed by atoms with Crippen molar-refractivity contribution in [2.24, 2.45) is 0 Å². The molecule has 0 aliphatic heterocycles. The van der Waals surface area contributed by atoms with Gasteiger partial charge in [0, 0.05) is 21.6 Å². The molecule has 140 valence electrons. The topological polar surface area (TPSA) is 80.0 Å². The van der Waals surface area contributed by atoms with Crippen LogP contribution < -0.4 is 10.6 Å². The summed E-state index contributed by atoms with van der Waals surface area (Å²) >= 11 is 3.44. The Kier molecular flexibility index (Phi) is 5.91. The molecule has 0 bridgehead atoms. The van der Waals surface area contributed by atoms with E-state index >= 15 is 0 Å². The first-order chi connectivity index (χ1) is 12.9. The third kappa shape index (κ3) is 4.95. The van der Waals surface area contributed by atoms with Crippen molar-refractivity contribution in [2.45, 2.75) is 32.7 Å². The molecule has 6 nitrogen and oxygen atoms in total. The van der Waals surface area contributed by atoms with E-state index in [-0.39, 0.29) is 18.0 Å². The van der Waals surface area contributed by atoms with Crippen LogP contribution in [0.15, 0.2) is 57.5 Å². The Morgan fingerprint density at radius 2 is 1.85 bits per heavy atom. The summed E-state index contributed by atoms with van der Waals surface area (Å²) in [6, 6.07) is 14.7. The molecule has 0 saturated carbocycles. The molecule has 2 N–H and O–H groups in total. The highest BCUT2D eigenvalue weighted by Crippen LogP contribution is 2.22. The number of hydrogen-bond acceptors (Lipinski definition) is 4. The van der Waals surface area contributed by atoms with Crippen molar-refractivity contribution in [1.82, 2.24) is 15.5 Å². The van der Waals surface area contributed by atoms with E-state index in [9.17, 15) is 4.79 Å². The maximum absolute atomic E-state index is 12.2. The number of carbonyl (C=O) groups is 1. The van der Waals surface area contributed by atoms with Crippen molar-refractivity contribution in [3.05, 3.63) is 64.4 Å². The van der Waals surface area contributed by atoms with E-state index in [0.717, 1.165) is 15.6 Å². The average molecular weight is 429 g/mol. The maximum Gasteiger partial charge on any atom is 0.319 e. The van der Waals surface area contributed by atoms with Crippen LogP contribution in [0.4, 0.5) is 10.5 Å². The highest BCUT2D eigenvalue weighted by molar-refractivity contribution is 9.10. The Balaban J connectivity index is 1.61. The number of anilines is 1. The molecule has 3 rings (SSSR count). The summed E-state index contributed by atoms with van der Waals surface area (Å²) in [5, 5.41) is 9.71. The van der Waals surface area contributed by atoms with E-state index < -0.39 is 0 Å². The molecule has 1 atom stereocenters. The minimum absolute atomic E-state index is 0.116. The molecule has 1 heterocycles. The summed E-state index contributed by atoms with van der Waals surface area (Å²) in [6.07, 6.45) is 0. The Hall–Kier alpha value is -2.67. The fraction of sp³-hybridized carbons (Fsp3) is 0.250. The summed E-state index contributed by atoms with van der Waals surface area (Å²) in [5.74, 6) is 1.35. The van der Waals surface area contributed by atoms with Crippen LogP contribution >= 0.6 is 15.9 Å². The van der Waals surface area contributed by atoms with Gasteiger partial charge in [-0.25, -0.2) is 4.79 Å². The number of nitrogens with one attached hydrogen (secondary N) is 2. The number of urea groups is 1. The highest BCUT2D eigenvalue weighted by atomic mass is 79.9. The first kappa shape index (κ1) is 19.1. The number of benzene rings is 2. The summed E-state index contributed by atoms with van der Waals surface area (Å²) in [4.78, 5) is 16.6. The Morgan fingerprint density at radius 3 is 2.48 bits per heavy atom. The molecule has 0 spiro atoms. The van der Waals surface area contributed by atoms with Crippen LogP contribution in [0.2, 0.25) is 0 Å². The molecule has 7 heteroatoms. The van der Waals surface area contributed by atoms with Crippen molar-refractivity contribution < 1.29 is 9.32 Å². The molecule has 0 aliphatic carbocycles. The minimum Gasteiger partial charge on any atom is -0.334 e. The van der Waals surface area contributed by atoms with Gasteiger partial charge in [-0.3, -0.25) is 0 Å². The summed E-state index contributed by atoms with van der Waals surface area (Å²) in [7, 11) is 0. The van der Waals surface area contributed by atoms with Gasteiger partial charge < -0.3 is 15.2 Å². The number of rotatable bonds is 5. The lowest BCUT2D eigenvalue weighted by Crippen LogP contribution is -2.31. The van der Waals surface area contributed by atoms with Crippen molar-refractivity contribution in [3.63, 3.8) is 0 Å². The first-order valence-electron chi connectivity index (χ1n) is 8.69. The van der Waals surface area contributed by atoms with E-state index in [4.69, 9.17) is 4.52 Å². The Labute approximate surface area is 166 Å². The molecule has 2 aromatic carbocycles. The second-order valence-corrected chi connectivity index (χ2v) is 7.48. The number of hydrogen-bond donors (Lipinski definition) is 2. The smallest absolute Gasteiger partial charge is 0.319 e. The van der Waals surface area contributed by atoms with Gasteiger partial charge in [0.15, 0.2) is 5.82 Å². The fourth-order valence-corrected chi connectivity index (χ4v) is 2.92. The summed E-state index contributed by atoms with van der Waals surface area (Å²) in [6.45, 7) is 5.96. The lowest BCUT2D eigenvalue weighted by Gasteiger charge is -2.15. The van der Waals surface area contributed by atoms with Gasteiger partial charge in [-0.05, 0) is 48.9 Å². The van der Waals surface area contributed by atoms with Crippen molar-refractivity contribution in [3.8, 4) is 11.5 Å². The van der Waals surface area contributed by atoms with E-state index in [1.807, 2.05) is 57.2 Å². The van der Waals surface area contributed by atoms with Gasteiger partial charge in [-0.2, -0.15) is 4.98 Å². The maximum atomic E-state index is 12.2. The second kappa shape index (κ2) is 8.35. The lowest BCUT2D eigenvalue weighted by molar-refractivity contribution is 0.249. The van der Waals surface area contributed by atoms with Crippen LogP contribution in [0, 0.1) is 0 Å². The standard InChI is InChI=1S/C20H21BrN4O2/c1-12(2)18-24-19(27-25-18)14-7-9-17(10-8-14)23-20(26)22-13(3)15-5-4-6-16(21)11-15/h4-13H,1-3H3,(H2,22,23,26)/t13-/m0/s1. The Morgan fingerprint density at radius 1 is 1.11 bits per heavy atom. The van der Waals surface area contributed by atoms with Crippen molar-refractivity contribution in [2.75, 3.05) is 5.32 Å². The molecule has 3 aromatic rings. The van der Waals surface area contributed by atoms with E-state index in [1.54, 1.807) is 12.1 Å². The Bertz CT molecular complexity index is 922. The van der Waals surface area contributed by atoms with Crippen molar-refractivity contribution in [1.29, 1.82) is 0 Å². The van der Waals surface area contributed by atoms with E-state index in [0.29, 0.717) is 17.4 Å². The molecular formula is C20H21BrN4O2. The molecule has 1 aromatic heterocycles. The third-order valence-corrected chi connectivity index (χ3v) is 4.54. The quantitative estimate of drug-likeness (QED) is 0.561. The molecule has 0 fully saturated rings. The second-order valence-electron chi connectivity index (χ2n) is 6.56. The van der Waals surface area contributed by atoms with Crippen LogP contribution in [0.3, 0.4) is 0 Å². The zero-order valence-electron chi connectivity index (χ0n) is 15.4. The number of halogens is 1. The monoisotopic (exact) mass is 428 g/mol. The lowest BCUT2D eigenvalue weighted by atomic mass is 10.1. The van der Waals surface area contributed by atoms with Crippen LogP contribution in [-0.2, 0) is 0 Å². The summed E-state index contributed by atoms with van der Waals surface area (Å²) < 4.78 is 6.26. The number of nitrogens with zero attached hydrogens (tertiary/aromatic N) is 2. The molecule has 0 saturated heterocycles. The number of amides is 2. The molecule has 27 heavy (non-hydrogen) atoms. The third-order valence-electron chi connectivity index (χ3n) is 4.04. The van der Waals surface area contributed by atoms with Gasteiger partial charge in [0.05, 0.1) is 6.04 Å². The highest BCUT2D eigenvalue weighted by Gasteiger charge is 2.13. The van der Waals surface area contributed by atoms with Gasteiger partial charge in [-0.1, -0.05) is 47.1 Å². The number of aromatic nitrogens is 2. The SMILES string of the molecule is CC(C)c1noc(-c2ccc(NC(=O)N[C@@H](C)c3cccc(Br)c3)cc2)n1. The molecular weight excluding hydrogens is 408 g/mol. The van der Waals surface area contributed by atoms with Gasteiger partial charge in [-0.15, -0.1) is 0 Å². The van der Waals surface area contributed by atoms with Gasteiger partial charge >= 0.3 is 6.03 Å². The van der Waals surface area contributed by atoms with Crippen LogP contribution in [-0.4, -0.2) is 16.2 Å². The molecule has 2 amide bonds. The van der Waals surface area contributed by atoms with E-state index in [2.05, 4.69) is 36.7 Å². The van der Waals surface area contributed by atoms with Gasteiger partial charge in [0.1, 0.15) is 0 Å². The number of carbonyl (C=O) groups excluding carboxylic acids is 1.